The number of hydrogen-bond donors (Lipinski definition) is 1. The van der Waals surface area contributed by atoms with Crippen LogP contribution in [0.1, 0.15) is 41.5 Å². The van der Waals surface area contributed by atoms with Gasteiger partial charge in [0.15, 0.2) is 0 Å². The fraction of sp³-hybridized carbons (Fsp3) is 0.909. The number of carbonyl (C=O) groups excluding carboxylic acids is 1. The maximum absolute atomic E-state index is 11.5. The van der Waals surface area contributed by atoms with Crippen LogP contribution in [-0.4, -0.2) is 28.7 Å². The van der Waals surface area contributed by atoms with E-state index in [0.29, 0.717) is 0 Å². The summed E-state index contributed by atoms with van der Waals surface area (Å²) in [6, 6.07) is -1.39. The SMILES string of the molecule is CC(C)[C@@H](NC(=O)OC(C)(C)C)[C@H](C)[N+](=O)[O-]. The van der Waals surface area contributed by atoms with Crippen molar-refractivity contribution in [2.24, 2.45) is 5.92 Å². The molecule has 0 rings (SSSR count). The van der Waals surface area contributed by atoms with E-state index in [1.807, 2.05) is 13.8 Å². The molecule has 0 bridgehead atoms. The van der Waals surface area contributed by atoms with Gasteiger partial charge in [0.2, 0.25) is 6.04 Å². The molecule has 0 aromatic carbocycles. The third-order valence-corrected chi connectivity index (χ3v) is 2.25. The van der Waals surface area contributed by atoms with Crippen molar-refractivity contribution in [2.75, 3.05) is 0 Å². The molecule has 17 heavy (non-hydrogen) atoms. The van der Waals surface area contributed by atoms with E-state index in [9.17, 15) is 14.9 Å². The van der Waals surface area contributed by atoms with E-state index >= 15 is 0 Å². The molecule has 0 aliphatic carbocycles. The van der Waals surface area contributed by atoms with E-state index < -0.39 is 28.7 Å². The number of nitrogens with zero attached hydrogens (tertiary/aromatic N) is 1. The van der Waals surface area contributed by atoms with E-state index in [0.717, 1.165) is 0 Å². The minimum absolute atomic E-state index is 0.0390. The van der Waals surface area contributed by atoms with Crippen LogP contribution in [-0.2, 0) is 4.74 Å². The van der Waals surface area contributed by atoms with Crippen LogP contribution in [0.3, 0.4) is 0 Å². The second-order valence-electron chi connectivity index (χ2n) is 5.44. The quantitative estimate of drug-likeness (QED) is 0.609. The standard InChI is InChI=1S/C11H22N2O4/c1-7(2)9(8(3)13(15)16)12-10(14)17-11(4,5)6/h7-9H,1-6H3,(H,12,14)/t8-,9+/m0/s1. The van der Waals surface area contributed by atoms with E-state index in [-0.39, 0.29) is 5.92 Å². The number of alkyl carbamates (subject to hydrolysis) is 1. The molecule has 0 aromatic heterocycles. The fourth-order valence-electron chi connectivity index (χ4n) is 1.42. The third-order valence-electron chi connectivity index (χ3n) is 2.25. The summed E-state index contributed by atoms with van der Waals surface area (Å²) in [5.41, 5.74) is -0.608. The third kappa shape index (κ3) is 6.09. The molecule has 0 saturated carbocycles. The summed E-state index contributed by atoms with van der Waals surface area (Å²) in [6.07, 6.45) is -0.620. The molecule has 0 aromatic rings. The predicted octanol–water partition coefficient (Wildman–Crippen LogP) is 2.20. The molecule has 0 aliphatic rings. The lowest BCUT2D eigenvalue weighted by Gasteiger charge is -2.26. The van der Waals surface area contributed by atoms with Gasteiger partial charge in [0.1, 0.15) is 11.6 Å². The molecule has 2 atom stereocenters. The smallest absolute Gasteiger partial charge is 0.408 e. The lowest BCUT2D eigenvalue weighted by Crippen LogP contribution is -2.49. The molecular weight excluding hydrogens is 224 g/mol. The van der Waals surface area contributed by atoms with Gasteiger partial charge in [-0.2, -0.15) is 0 Å². The summed E-state index contributed by atoms with van der Waals surface area (Å²) in [7, 11) is 0. The highest BCUT2D eigenvalue weighted by Crippen LogP contribution is 2.12. The van der Waals surface area contributed by atoms with Crippen LogP contribution in [0.25, 0.3) is 0 Å². The lowest BCUT2D eigenvalue weighted by molar-refractivity contribution is -0.523. The van der Waals surface area contributed by atoms with E-state index in [2.05, 4.69) is 5.32 Å². The first kappa shape index (κ1) is 15.7. The summed E-state index contributed by atoms with van der Waals surface area (Å²) >= 11 is 0. The molecule has 6 nitrogen and oxygen atoms in total. The Balaban J connectivity index is 4.57. The van der Waals surface area contributed by atoms with Gasteiger partial charge < -0.3 is 10.1 Å². The largest absolute Gasteiger partial charge is 0.444 e. The zero-order valence-corrected chi connectivity index (χ0v) is 11.3. The molecule has 6 heteroatoms. The molecule has 100 valence electrons. The topological polar surface area (TPSA) is 81.5 Å². The van der Waals surface area contributed by atoms with E-state index in [1.54, 1.807) is 20.8 Å². The normalized spacial score (nSPS) is 15.2. The highest BCUT2D eigenvalue weighted by molar-refractivity contribution is 5.68. The Morgan fingerprint density at radius 1 is 1.29 bits per heavy atom. The first-order valence-electron chi connectivity index (χ1n) is 5.67. The van der Waals surface area contributed by atoms with Crippen molar-refractivity contribution in [2.45, 2.75) is 59.2 Å². The Kier molecular flexibility index (Phi) is 5.38. The van der Waals surface area contributed by atoms with Crippen molar-refractivity contribution < 1.29 is 14.5 Å². The van der Waals surface area contributed by atoms with E-state index in [4.69, 9.17) is 4.74 Å². The highest BCUT2D eigenvalue weighted by atomic mass is 16.6. The Morgan fingerprint density at radius 3 is 2.06 bits per heavy atom. The number of nitro groups is 1. The summed E-state index contributed by atoms with van der Waals surface area (Å²) in [4.78, 5) is 21.9. The number of carbonyl (C=O) groups is 1. The van der Waals surface area contributed by atoms with Gasteiger partial charge in [-0.25, -0.2) is 4.79 Å². The maximum Gasteiger partial charge on any atom is 0.408 e. The monoisotopic (exact) mass is 246 g/mol. The molecule has 0 spiro atoms. The number of ether oxygens (including phenoxy) is 1. The van der Waals surface area contributed by atoms with Crippen LogP contribution >= 0.6 is 0 Å². The van der Waals surface area contributed by atoms with Crippen LogP contribution in [0, 0.1) is 16.0 Å². The Labute approximate surface area is 102 Å². The van der Waals surface area contributed by atoms with Crippen LogP contribution in [0.2, 0.25) is 0 Å². The molecule has 0 aliphatic heterocycles. The predicted molar refractivity (Wildman–Crippen MR) is 64.5 cm³/mol. The first-order valence-corrected chi connectivity index (χ1v) is 5.67. The molecule has 0 unspecified atom stereocenters. The van der Waals surface area contributed by atoms with Crippen molar-refractivity contribution in [1.29, 1.82) is 0 Å². The van der Waals surface area contributed by atoms with Gasteiger partial charge in [0.05, 0.1) is 0 Å². The minimum atomic E-state index is -0.845. The van der Waals surface area contributed by atoms with Gasteiger partial charge in [-0.05, 0) is 26.7 Å². The van der Waals surface area contributed by atoms with Gasteiger partial charge >= 0.3 is 6.09 Å². The first-order chi connectivity index (χ1) is 7.54. The van der Waals surface area contributed by atoms with Gasteiger partial charge in [-0.3, -0.25) is 10.1 Å². The summed E-state index contributed by atoms with van der Waals surface area (Å²) in [5.74, 6) is -0.0390. The molecule has 0 radical (unpaired) electrons. The number of rotatable bonds is 4. The van der Waals surface area contributed by atoms with Crippen LogP contribution in [0.4, 0.5) is 4.79 Å². The molecule has 1 N–H and O–H groups in total. The molecule has 0 fully saturated rings. The Bertz CT molecular complexity index is 284. The average Bonchev–Trinajstić information content (AvgIpc) is 2.09. The number of amides is 1. The van der Waals surface area contributed by atoms with E-state index in [1.165, 1.54) is 6.92 Å². The van der Waals surface area contributed by atoms with Crippen molar-refractivity contribution in [3.63, 3.8) is 0 Å². The van der Waals surface area contributed by atoms with Gasteiger partial charge in [-0.15, -0.1) is 0 Å². The fourth-order valence-corrected chi connectivity index (χ4v) is 1.42. The Morgan fingerprint density at radius 2 is 1.76 bits per heavy atom. The van der Waals surface area contributed by atoms with Crippen molar-refractivity contribution in [3.8, 4) is 0 Å². The zero-order valence-electron chi connectivity index (χ0n) is 11.3. The molecular formula is C11H22N2O4. The van der Waals surface area contributed by atoms with Crippen LogP contribution in [0.15, 0.2) is 0 Å². The summed E-state index contributed by atoms with van der Waals surface area (Å²) in [6.45, 7) is 10.3. The van der Waals surface area contributed by atoms with Gasteiger partial charge in [0.25, 0.3) is 0 Å². The number of nitrogens with one attached hydrogen (secondary N) is 1. The van der Waals surface area contributed by atoms with Gasteiger partial charge in [0, 0.05) is 11.8 Å². The highest BCUT2D eigenvalue weighted by Gasteiger charge is 2.32. The minimum Gasteiger partial charge on any atom is -0.444 e. The van der Waals surface area contributed by atoms with Gasteiger partial charge in [-0.1, -0.05) is 13.8 Å². The van der Waals surface area contributed by atoms with Crippen molar-refractivity contribution >= 4 is 6.09 Å². The maximum atomic E-state index is 11.5. The van der Waals surface area contributed by atoms with Crippen LogP contribution < -0.4 is 5.32 Å². The average molecular weight is 246 g/mol. The summed E-state index contributed by atoms with van der Waals surface area (Å²) in [5, 5.41) is 13.3. The lowest BCUT2D eigenvalue weighted by atomic mass is 9.98. The molecule has 1 amide bonds. The van der Waals surface area contributed by atoms with Crippen molar-refractivity contribution in [1.82, 2.24) is 5.32 Å². The Hall–Kier alpha value is -1.33. The zero-order chi connectivity index (χ0) is 13.8. The number of hydrogen-bond acceptors (Lipinski definition) is 4. The molecule has 0 heterocycles. The van der Waals surface area contributed by atoms with Crippen LogP contribution in [0.5, 0.6) is 0 Å². The molecule has 0 saturated heterocycles. The second kappa shape index (κ2) is 5.84. The van der Waals surface area contributed by atoms with Crippen molar-refractivity contribution in [3.05, 3.63) is 10.1 Å². The second-order valence-corrected chi connectivity index (χ2v) is 5.44. The summed E-state index contributed by atoms with van der Waals surface area (Å²) < 4.78 is 5.08.